The predicted molar refractivity (Wildman–Crippen MR) is 86.0 cm³/mol. The van der Waals surface area contributed by atoms with Gasteiger partial charge in [-0.05, 0) is 25.0 Å². The van der Waals surface area contributed by atoms with E-state index in [0.717, 1.165) is 19.4 Å². The summed E-state index contributed by atoms with van der Waals surface area (Å²) in [6.07, 6.45) is 2.25. The van der Waals surface area contributed by atoms with Crippen molar-refractivity contribution in [3.63, 3.8) is 0 Å². The van der Waals surface area contributed by atoms with Crippen LogP contribution in [0.25, 0.3) is 0 Å². The molecule has 0 aromatic heterocycles. The van der Waals surface area contributed by atoms with Crippen LogP contribution in [-0.2, 0) is 9.53 Å². The number of anilines is 2. The Bertz CT molecular complexity index is 498. The number of ether oxygens (including phenoxy) is 1. The van der Waals surface area contributed by atoms with E-state index in [-0.39, 0.29) is 5.91 Å². The van der Waals surface area contributed by atoms with E-state index in [2.05, 4.69) is 10.2 Å². The van der Waals surface area contributed by atoms with E-state index in [0.29, 0.717) is 40.6 Å². The molecule has 2 rings (SSSR count). The van der Waals surface area contributed by atoms with E-state index in [1.807, 2.05) is 0 Å². The number of rotatable bonds is 7. The van der Waals surface area contributed by atoms with Gasteiger partial charge < -0.3 is 15.8 Å². The lowest BCUT2D eigenvalue weighted by molar-refractivity contribution is -0.117. The Morgan fingerprint density at radius 1 is 1.43 bits per heavy atom. The van der Waals surface area contributed by atoms with E-state index in [1.54, 1.807) is 19.2 Å². The molecular formula is C14H19Cl2N3O2. The molecule has 0 heterocycles. The zero-order valence-electron chi connectivity index (χ0n) is 11.9. The average Bonchev–Trinajstić information content (AvgIpc) is 3.23. The highest BCUT2D eigenvalue weighted by atomic mass is 35.5. The molecule has 21 heavy (non-hydrogen) atoms. The number of methoxy groups -OCH3 is 1. The minimum Gasteiger partial charge on any atom is -0.399 e. The molecule has 1 aromatic carbocycles. The first-order valence-corrected chi connectivity index (χ1v) is 7.54. The van der Waals surface area contributed by atoms with Crippen molar-refractivity contribution in [3.05, 3.63) is 22.2 Å². The third-order valence-electron chi connectivity index (χ3n) is 3.32. The lowest BCUT2D eigenvalue weighted by Gasteiger charge is -2.21. The molecular weight excluding hydrogens is 313 g/mol. The quantitative estimate of drug-likeness (QED) is 0.753. The fourth-order valence-corrected chi connectivity index (χ4v) is 2.71. The number of amides is 1. The van der Waals surface area contributed by atoms with Crippen molar-refractivity contribution in [1.82, 2.24) is 4.90 Å². The molecule has 0 spiro atoms. The lowest BCUT2D eigenvalue weighted by atomic mass is 10.2. The first-order valence-electron chi connectivity index (χ1n) is 6.78. The van der Waals surface area contributed by atoms with Crippen molar-refractivity contribution >= 4 is 40.5 Å². The van der Waals surface area contributed by atoms with Gasteiger partial charge >= 0.3 is 0 Å². The van der Waals surface area contributed by atoms with Crippen molar-refractivity contribution in [2.75, 3.05) is 37.9 Å². The molecule has 0 aliphatic heterocycles. The van der Waals surface area contributed by atoms with Crippen molar-refractivity contribution in [2.24, 2.45) is 0 Å². The van der Waals surface area contributed by atoms with Crippen LogP contribution < -0.4 is 11.1 Å². The van der Waals surface area contributed by atoms with Crippen LogP contribution >= 0.6 is 23.2 Å². The van der Waals surface area contributed by atoms with Crippen LogP contribution in [-0.4, -0.2) is 43.7 Å². The number of hydrogen-bond donors (Lipinski definition) is 2. The number of carbonyl (C=O) groups excluding carboxylic acids is 1. The molecule has 1 aliphatic carbocycles. The molecule has 0 atom stereocenters. The third-order valence-corrected chi connectivity index (χ3v) is 3.92. The van der Waals surface area contributed by atoms with Crippen molar-refractivity contribution < 1.29 is 9.53 Å². The van der Waals surface area contributed by atoms with Crippen LogP contribution in [0.1, 0.15) is 12.8 Å². The highest BCUT2D eigenvalue weighted by Crippen LogP contribution is 2.33. The Labute approximate surface area is 134 Å². The Hall–Kier alpha value is -1.01. The Morgan fingerprint density at radius 3 is 2.57 bits per heavy atom. The molecule has 1 fully saturated rings. The van der Waals surface area contributed by atoms with Crippen LogP contribution in [0.2, 0.25) is 10.0 Å². The third kappa shape index (κ3) is 4.74. The Kier molecular flexibility index (Phi) is 5.70. The number of nitrogens with two attached hydrogens (primary N) is 1. The van der Waals surface area contributed by atoms with E-state index in [1.165, 1.54) is 0 Å². The highest BCUT2D eigenvalue weighted by molar-refractivity contribution is 6.40. The highest BCUT2D eigenvalue weighted by Gasteiger charge is 2.30. The van der Waals surface area contributed by atoms with Gasteiger partial charge in [0.25, 0.3) is 0 Å². The van der Waals surface area contributed by atoms with Gasteiger partial charge in [-0.3, -0.25) is 9.69 Å². The van der Waals surface area contributed by atoms with Gasteiger partial charge in [0.2, 0.25) is 5.91 Å². The first kappa shape index (κ1) is 16.4. The number of carbonyl (C=O) groups is 1. The van der Waals surface area contributed by atoms with Crippen LogP contribution in [0.15, 0.2) is 12.1 Å². The molecule has 116 valence electrons. The number of nitrogen functional groups attached to an aromatic ring is 1. The zero-order chi connectivity index (χ0) is 15.4. The van der Waals surface area contributed by atoms with Gasteiger partial charge in [0, 0.05) is 25.4 Å². The van der Waals surface area contributed by atoms with Gasteiger partial charge in [0.05, 0.1) is 28.9 Å². The standard InChI is InChI=1S/C14H19Cl2N3O2/c1-21-5-4-19(10-2-3-10)8-13(20)18-14-11(15)6-9(17)7-12(14)16/h6-7,10H,2-5,8,17H2,1H3,(H,18,20). The minimum atomic E-state index is -0.147. The van der Waals surface area contributed by atoms with E-state index in [4.69, 9.17) is 33.7 Å². The molecule has 0 unspecified atom stereocenters. The smallest absolute Gasteiger partial charge is 0.238 e. The number of hydrogen-bond acceptors (Lipinski definition) is 4. The van der Waals surface area contributed by atoms with Gasteiger partial charge in [0.15, 0.2) is 0 Å². The van der Waals surface area contributed by atoms with Gasteiger partial charge in [0.1, 0.15) is 0 Å². The molecule has 1 aliphatic rings. The van der Waals surface area contributed by atoms with Gasteiger partial charge in [-0.15, -0.1) is 0 Å². The largest absolute Gasteiger partial charge is 0.399 e. The predicted octanol–water partition coefficient (Wildman–Crippen LogP) is 2.62. The summed E-state index contributed by atoms with van der Waals surface area (Å²) in [7, 11) is 1.65. The van der Waals surface area contributed by atoms with E-state index in [9.17, 15) is 4.79 Å². The second-order valence-electron chi connectivity index (χ2n) is 5.10. The van der Waals surface area contributed by atoms with Crippen LogP contribution in [0.5, 0.6) is 0 Å². The molecule has 7 heteroatoms. The molecule has 0 radical (unpaired) electrons. The molecule has 1 amide bonds. The van der Waals surface area contributed by atoms with Crippen molar-refractivity contribution in [3.8, 4) is 0 Å². The normalized spacial score (nSPS) is 14.5. The SMILES string of the molecule is COCCN(CC(=O)Nc1c(Cl)cc(N)cc1Cl)C1CC1. The fraction of sp³-hybridized carbons (Fsp3) is 0.500. The van der Waals surface area contributed by atoms with Gasteiger partial charge in [-0.2, -0.15) is 0 Å². The van der Waals surface area contributed by atoms with Gasteiger partial charge in [-0.25, -0.2) is 0 Å². The Morgan fingerprint density at radius 2 is 2.05 bits per heavy atom. The minimum absolute atomic E-state index is 0.147. The first-order chi connectivity index (χ1) is 10.0. The summed E-state index contributed by atoms with van der Waals surface area (Å²) in [5.74, 6) is -0.147. The lowest BCUT2D eigenvalue weighted by Crippen LogP contribution is -2.37. The summed E-state index contributed by atoms with van der Waals surface area (Å²) in [6, 6.07) is 3.60. The second kappa shape index (κ2) is 7.31. The summed E-state index contributed by atoms with van der Waals surface area (Å²) in [5.41, 5.74) is 6.50. The monoisotopic (exact) mass is 331 g/mol. The molecule has 1 saturated carbocycles. The molecule has 3 N–H and O–H groups in total. The summed E-state index contributed by atoms with van der Waals surface area (Å²) < 4.78 is 5.07. The van der Waals surface area contributed by atoms with Crippen LogP contribution in [0.4, 0.5) is 11.4 Å². The van der Waals surface area contributed by atoms with Gasteiger partial charge in [-0.1, -0.05) is 23.2 Å². The van der Waals surface area contributed by atoms with Crippen LogP contribution in [0, 0.1) is 0 Å². The van der Waals surface area contributed by atoms with Crippen molar-refractivity contribution in [1.29, 1.82) is 0 Å². The molecule has 5 nitrogen and oxygen atoms in total. The van der Waals surface area contributed by atoms with E-state index >= 15 is 0 Å². The maximum absolute atomic E-state index is 12.2. The second-order valence-corrected chi connectivity index (χ2v) is 5.92. The topological polar surface area (TPSA) is 67.6 Å². The maximum atomic E-state index is 12.2. The van der Waals surface area contributed by atoms with Crippen LogP contribution in [0.3, 0.4) is 0 Å². The number of halogens is 2. The maximum Gasteiger partial charge on any atom is 0.238 e. The molecule has 1 aromatic rings. The number of benzene rings is 1. The summed E-state index contributed by atoms with van der Waals surface area (Å²) in [6.45, 7) is 1.63. The van der Waals surface area contributed by atoms with E-state index < -0.39 is 0 Å². The molecule has 0 saturated heterocycles. The Balaban J connectivity index is 1.97. The zero-order valence-corrected chi connectivity index (χ0v) is 13.4. The summed E-state index contributed by atoms with van der Waals surface area (Å²) in [5, 5.41) is 3.43. The average molecular weight is 332 g/mol. The number of nitrogens with one attached hydrogen (secondary N) is 1. The molecule has 0 bridgehead atoms. The fourth-order valence-electron chi connectivity index (χ4n) is 2.11. The number of nitrogens with zero attached hydrogens (tertiary/aromatic N) is 1. The van der Waals surface area contributed by atoms with Crippen molar-refractivity contribution in [2.45, 2.75) is 18.9 Å². The summed E-state index contributed by atoms with van der Waals surface area (Å²) in [4.78, 5) is 14.3. The summed E-state index contributed by atoms with van der Waals surface area (Å²) >= 11 is 12.1.